The second kappa shape index (κ2) is 10.6. The van der Waals surface area contributed by atoms with Gasteiger partial charge in [-0.05, 0) is 88.8 Å². The summed E-state index contributed by atoms with van der Waals surface area (Å²) in [5.74, 6) is 1.01. The number of amides is 3. The zero-order valence-corrected chi connectivity index (χ0v) is 22.5. The Balaban J connectivity index is 1.04. The number of hydrogen-bond donors (Lipinski definition) is 2. The Morgan fingerprint density at radius 2 is 1.65 bits per heavy atom. The number of anilines is 1. The molecule has 2 saturated carbocycles. The van der Waals surface area contributed by atoms with Crippen molar-refractivity contribution in [3.05, 3.63) is 29.8 Å². The Morgan fingerprint density at radius 3 is 2.27 bits per heavy atom. The van der Waals surface area contributed by atoms with E-state index in [9.17, 15) is 14.4 Å². The quantitative estimate of drug-likeness (QED) is 0.586. The monoisotopic (exact) mass is 510 g/mol. The molecule has 8 nitrogen and oxygen atoms in total. The van der Waals surface area contributed by atoms with E-state index in [-0.39, 0.29) is 29.9 Å². The summed E-state index contributed by atoms with van der Waals surface area (Å²) < 4.78 is 5.42. The normalized spacial score (nSPS) is 31.0. The molecule has 1 aromatic carbocycles. The number of benzene rings is 1. The van der Waals surface area contributed by atoms with E-state index in [0.717, 1.165) is 62.5 Å². The standard InChI is InChI=1S/C29H42N4O4/c1-29(2,3)37-28(36)30-21-8-4-20(5-9-21)24-18-25(24)33-16-14-32(15-17-33)22-10-6-19(7-11-22)23-12-13-26(34)31-27(23)35/h6-7,10-11,20-21,23-25H,4-5,8-9,12-18H2,1-3H3,(H,30,36)(H,31,34,35)/t20?,21?,23?,24-,25+/m1/s1. The Bertz CT molecular complexity index is 988. The maximum atomic E-state index is 12.2. The van der Waals surface area contributed by atoms with E-state index in [1.807, 2.05) is 32.9 Å². The second-order valence-corrected chi connectivity index (χ2v) is 12.3. The zero-order chi connectivity index (χ0) is 26.2. The molecule has 4 aliphatic rings. The fourth-order valence-electron chi connectivity index (χ4n) is 6.53. The summed E-state index contributed by atoms with van der Waals surface area (Å²) in [5.41, 5.74) is 1.74. The molecule has 3 atom stereocenters. The van der Waals surface area contributed by atoms with Crippen molar-refractivity contribution in [3.8, 4) is 0 Å². The van der Waals surface area contributed by atoms with Crippen molar-refractivity contribution in [2.45, 2.75) is 89.3 Å². The third-order valence-electron chi connectivity index (χ3n) is 8.59. The number of nitrogens with one attached hydrogen (secondary N) is 2. The van der Waals surface area contributed by atoms with E-state index in [4.69, 9.17) is 4.74 Å². The van der Waals surface area contributed by atoms with Gasteiger partial charge in [-0.2, -0.15) is 0 Å². The van der Waals surface area contributed by atoms with Gasteiger partial charge in [-0.25, -0.2) is 4.79 Å². The average Bonchev–Trinajstić information content (AvgIpc) is 3.65. The summed E-state index contributed by atoms with van der Waals surface area (Å²) in [4.78, 5) is 40.8. The smallest absolute Gasteiger partial charge is 0.407 e. The highest BCUT2D eigenvalue weighted by molar-refractivity contribution is 6.00. The maximum absolute atomic E-state index is 12.2. The predicted molar refractivity (Wildman–Crippen MR) is 142 cm³/mol. The molecule has 2 aliphatic carbocycles. The van der Waals surface area contributed by atoms with Crippen LogP contribution in [0.15, 0.2) is 24.3 Å². The van der Waals surface area contributed by atoms with Crippen LogP contribution in [0.25, 0.3) is 0 Å². The predicted octanol–water partition coefficient (Wildman–Crippen LogP) is 3.80. The van der Waals surface area contributed by atoms with E-state index in [1.165, 1.54) is 24.9 Å². The lowest BCUT2D eigenvalue weighted by atomic mass is 9.83. The van der Waals surface area contributed by atoms with Crippen LogP contribution in [0, 0.1) is 11.8 Å². The maximum Gasteiger partial charge on any atom is 0.407 e. The molecule has 2 aliphatic heterocycles. The lowest BCUT2D eigenvalue weighted by molar-refractivity contribution is -0.134. The van der Waals surface area contributed by atoms with Gasteiger partial charge in [0.2, 0.25) is 11.8 Å². The van der Waals surface area contributed by atoms with Crippen LogP contribution in [-0.2, 0) is 14.3 Å². The first-order chi connectivity index (χ1) is 17.7. The second-order valence-electron chi connectivity index (χ2n) is 12.3. The molecule has 37 heavy (non-hydrogen) atoms. The molecule has 0 bridgehead atoms. The summed E-state index contributed by atoms with van der Waals surface area (Å²) in [7, 11) is 0. The van der Waals surface area contributed by atoms with Gasteiger partial charge in [0.15, 0.2) is 0 Å². The lowest BCUT2D eigenvalue weighted by Gasteiger charge is -2.37. The number of alkyl carbamates (subject to hydrolysis) is 1. The van der Waals surface area contributed by atoms with E-state index in [2.05, 4.69) is 32.6 Å². The minimum Gasteiger partial charge on any atom is -0.444 e. The van der Waals surface area contributed by atoms with Crippen molar-refractivity contribution < 1.29 is 19.1 Å². The molecule has 0 radical (unpaired) electrons. The zero-order valence-electron chi connectivity index (χ0n) is 22.5. The number of imide groups is 1. The van der Waals surface area contributed by atoms with Crippen LogP contribution in [0.2, 0.25) is 0 Å². The van der Waals surface area contributed by atoms with Gasteiger partial charge in [0.1, 0.15) is 5.60 Å². The van der Waals surface area contributed by atoms with Crippen LogP contribution in [0.1, 0.15) is 77.2 Å². The van der Waals surface area contributed by atoms with Crippen LogP contribution >= 0.6 is 0 Å². The van der Waals surface area contributed by atoms with Gasteiger partial charge in [0.05, 0.1) is 5.92 Å². The van der Waals surface area contributed by atoms with Gasteiger partial charge in [-0.3, -0.25) is 19.8 Å². The highest BCUT2D eigenvalue weighted by Gasteiger charge is 2.47. The number of ether oxygens (including phenoxy) is 1. The van der Waals surface area contributed by atoms with Gasteiger partial charge in [-0.1, -0.05) is 12.1 Å². The summed E-state index contributed by atoms with van der Waals surface area (Å²) in [6.45, 7) is 9.92. The topological polar surface area (TPSA) is 91.0 Å². The first-order valence-corrected chi connectivity index (χ1v) is 14.1. The number of carbonyl (C=O) groups excluding carboxylic acids is 3. The SMILES string of the molecule is CC(C)(C)OC(=O)NC1CCC([C@H]2C[C@@H]2N2CCN(c3ccc(C4CCC(=O)NC4=O)cc3)CC2)CC1. The Hall–Kier alpha value is -2.61. The van der Waals surface area contributed by atoms with Crippen molar-refractivity contribution in [1.29, 1.82) is 0 Å². The summed E-state index contributed by atoms with van der Waals surface area (Å²) in [6.07, 6.45) is 6.52. The van der Waals surface area contributed by atoms with Crippen molar-refractivity contribution in [1.82, 2.24) is 15.5 Å². The molecule has 1 aromatic rings. The molecule has 3 amide bonds. The highest BCUT2D eigenvalue weighted by atomic mass is 16.6. The van der Waals surface area contributed by atoms with Crippen molar-refractivity contribution >= 4 is 23.6 Å². The van der Waals surface area contributed by atoms with Crippen LogP contribution in [0.3, 0.4) is 0 Å². The molecule has 2 N–H and O–H groups in total. The van der Waals surface area contributed by atoms with E-state index in [0.29, 0.717) is 12.8 Å². The van der Waals surface area contributed by atoms with E-state index in [1.54, 1.807) is 0 Å². The summed E-state index contributed by atoms with van der Waals surface area (Å²) in [5, 5.41) is 5.52. The first-order valence-electron chi connectivity index (χ1n) is 14.1. The highest BCUT2D eigenvalue weighted by Crippen LogP contribution is 2.47. The molecule has 1 unspecified atom stereocenters. The molecule has 2 heterocycles. The molecule has 0 aromatic heterocycles. The summed E-state index contributed by atoms with van der Waals surface area (Å²) in [6, 6.07) is 9.31. The molecule has 202 valence electrons. The van der Waals surface area contributed by atoms with Crippen LogP contribution in [0.5, 0.6) is 0 Å². The van der Waals surface area contributed by atoms with Gasteiger partial charge >= 0.3 is 6.09 Å². The van der Waals surface area contributed by atoms with Gasteiger partial charge in [0.25, 0.3) is 0 Å². The minimum absolute atomic E-state index is 0.170. The van der Waals surface area contributed by atoms with Gasteiger partial charge in [-0.15, -0.1) is 0 Å². The minimum atomic E-state index is -0.453. The number of rotatable bonds is 5. The number of piperazine rings is 1. The molecule has 4 fully saturated rings. The van der Waals surface area contributed by atoms with Crippen molar-refractivity contribution in [2.75, 3.05) is 31.1 Å². The van der Waals surface area contributed by atoms with Crippen LogP contribution in [-0.4, -0.2) is 66.7 Å². The molecule has 8 heteroatoms. The third kappa shape index (κ3) is 6.46. The molecular formula is C29H42N4O4. The summed E-state index contributed by atoms with van der Waals surface area (Å²) >= 11 is 0. The molecular weight excluding hydrogens is 468 g/mol. The van der Waals surface area contributed by atoms with Gasteiger partial charge < -0.3 is 15.0 Å². The number of carbonyl (C=O) groups is 3. The van der Waals surface area contributed by atoms with Crippen molar-refractivity contribution in [2.24, 2.45) is 11.8 Å². The first kappa shape index (κ1) is 26.0. The molecule has 5 rings (SSSR count). The number of piperidine rings is 1. The molecule has 2 saturated heterocycles. The molecule has 0 spiro atoms. The number of nitrogens with zero attached hydrogens (tertiary/aromatic N) is 2. The number of hydrogen-bond acceptors (Lipinski definition) is 6. The van der Waals surface area contributed by atoms with Gasteiger partial charge in [0, 0.05) is 50.4 Å². The average molecular weight is 511 g/mol. The van der Waals surface area contributed by atoms with E-state index >= 15 is 0 Å². The lowest BCUT2D eigenvalue weighted by Crippen LogP contribution is -2.48. The van der Waals surface area contributed by atoms with Crippen LogP contribution < -0.4 is 15.5 Å². The Kier molecular flexibility index (Phi) is 7.48. The fourth-order valence-corrected chi connectivity index (χ4v) is 6.53. The Labute approximate surface area is 220 Å². The van der Waals surface area contributed by atoms with Crippen LogP contribution in [0.4, 0.5) is 10.5 Å². The van der Waals surface area contributed by atoms with E-state index < -0.39 is 5.60 Å². The van der Waals surface area contributed by atoms with Crippen molar-refractivity contribution in [3.63, 3.8) is 0 Å². The Morgan fingerprint density at radius 1 is 0.973 bits per heavy atom. The fraction of sp³-hybridized carbons (Fsp3) is 0.690. The third-order valence-corrected chi connectivity index (χ3v) is 8.59. The largest absolute Gasteiger partial charge is 0.444 e.